The maximum atomic E-state index is 14.0. The van der Waals surface area contributed by atoms with E-state index in [1.54, 1.807) is 40.8 Å². The Balaban J connectivity index is 1.26. The second-order valence-corrected chi connectivity index (χ2v) is 8.67. The van der Waals surface area contributed by atoms with Crippen LogP contribution in [0.15, 0.2) is 53.7 Å². The number of carbonyl (C=O) groups excluding carboxylic acids is 2. The molecule has 178 valence electrons. The van der Waals surface area contributed by atoms with Gasteiger partial charge in [-0.1, -0.05) is 36.0 Å². The molecule has 2 amide bonds. The first kappa shape index (κ1) is 23.7. The van der Waals surface area contributed by atoms with Crippen LogP contribution in [0.5, 0.6) is 0 Å². The highest BCUT2D eigenvalue weighted by Crippen LogP contribution is 2.21. The van der Waals surface area contributed by atoms with E-state index < -0.39 is 11.7 Å². The monoisotopic (exact) mass is 486 g/mol. The third-order valence-electron chi connectivity index (χ3n) is 5.60. The zero-order chi connectivity index (χ0) is 24.1. The summed E-state index contributed by atoms with van der Waals surface area (Å²) in [7, 11) is 1.74. The number of hydrogen-bond acceptors (Lipinski definition) is 6. The number of halogens is 2. The number of para-hydroxylation sites is 1. The van der Waals surface area contributed by atoms with Crippen LogP contribution in [0.3, 0.4) is 0 Å². The number of nitrogens with zero attached hydrogens (tertiary/aromatic N) is 5. The minimum Gasteiger partial charge on any atom is -0.366 e. The van der Waals surface area contributed by atoms with Gasteiger partial charge in [-0.3, -0.25) is 9.59 Å². The molecule has 1 aliphatic rings. The first-order chi connectivity index (χ1) is 16.4. The van der Waals surface area contributed by atoms with Crippen LogP contribution < -0.4 is 10.2 Å². The molecule has 1 fully saturated rings. The molecule has 0 spiro atoms. The quantitative estimate of drug-likeness (QED) is 0.517. The zero-order valence-electron chi connectivity index (χ0n) is 18.6. The zero-order valence-corrected chi connectivity index (χ0v) is 19.4. The van der Waals surface area contributed by atoms with E-state index in [0.717, 1.165) is 0 Å². The Hall–Kier alpha value is -3.47. The summed E-state index contributed by atoms with van der Waals surface area (Å²) in [6, 6.07) is 12.4. The van der Waals surface area contributed by atoms with E-state index in [1.165, 1.54) is 36.0 Å². The van der Waals surface area contributed by atoms with Crippen molar-refractivity contribution in [2.24, 2.45) is 7.05 Å². The van der Waals surface area contributed by atoms with Crippen LogP contribution in [0.2, 0.25) is 0 Å². The van der Waals surface area contributed by atoms with Gasteiger partial charge >= 0.3 is 0 Å². The van der Waals surface area contributed by atoms with Gasteiger partial charge in [-0.15, -0.1) is 10.2 Å². The summed E-state index contributed by atoms with van der Waals surface area (Å²) in [6.45, 7) is 2.23. The Bertz CT molecular complexity index is 1180. The molecule has 0 bridgehead atoms. The van der Waals surface area contributed by atoms with Gasteiger partial charge in [0.2, 0.25) is 5.91 Å². The molecule has 0 saturated carbocycles. The topological polar surface area (TPSA) is 83.4 Å². The fourth-order valence-electron chi connectivity index (χ4n) is 3.65. The van der Waals surface area contributed by atoms with Crippen LogP contribution in [0.25, 0.3) is 0 Å². The van der Waals surface area contributed by atoms with Crippen LogP contribution in [0.4, 0.5) is 14.5 Å². The number of nitrogens with one attached hydrogen (secondary N) is 1. The van der Waals surface area contributed by atoms with Gasteiger partial charge < -0.3 is 19.7 Å². The predicted molar refractivity (Wildman–Crippen MR) is 124 cm³/mol. The number of carbonyl (C=O) groups is 2. The molecule has 1 N–H and O–H groups in total. The molecule has 2 heterocycles. The lowest BCUT2D eigenvalue weighted by Crippen LogP contribution is -2.49. The molecule has 0 atom stereocenters. The van der Waals surface area contributed by atoms with Crippen LogP contribution in [0, 0.1) is 11.6 Å². The van der Waals surface area contributed by atoms with E-state index in [9.17, 15) is 18.4 Å². The summed E-state index contributed by atoms with van der Waals surface area (Å²) in [6.07, 6.45) is 0. The molecule has 0 unspecified atom stereocenters. The first-order valence-electron chi connectivity index (χ1n) is 10.7. The Kier molecular flexibility index (Phi) is 7.41. The molecule has 1 saturated heterocycles. The van der Waals surface area contributed by atoms with Crippen molar-refractivity contribution in [3.63, 3.8) is 0 Å². The van der Waals surface area contributed by atoms with Crippen molar-refractivity contribution in [1.82, 2.24) is 25.0 Å². The highest BCUT2D eigenvalue weighted by molar-refractivity contribution is 7.99. The number of amides is 2. The van der Waals surface area contributed by atoms with Crippen molar-refractivity contribution in [3.05, 3.63) is 71.6 Å². The Morgan fingerprint density at radius 1 is 0.971 bits per heavy atom. The third kappa shape index (κ3) is 5.36. The normalized spacial score (nSPS) is 13.7. The van der Waals surface area contributed by atoms with Gasteiger partial charge in [0.25, 0.3) is 5.91 Å². The average Bonchev–Trinajstić information content (AvgIpc) is 3.21. The standard InChI is InChI=1S/C23H24F2N6O2S/c1-29-20(14-26-22(33)16-6-2-3-7-17(16)24)27-28-23(29)34-15-21(32)31-12-10-30(11-13-31)19-9-5-4-8-18(19)25/h2-9H,10-15H2,1H3,(H,26,33). The lowest BCUT2D eigenvalue weighted by atomic mass is 10.2. The van der Waals surface area contributed by atoms with Gasteiger partial charge in [0, 0.05) is 33.2 Å². The second-order valence-electron chi connectivity index (χ2n) is 7.73. The summed E-state index contributed by atoms with van der Waals surface area (Å²) >= 11 is 1.25. The summed E-state index contributed by atoms with van der Waals surface area (Å²) in [5.41, 5.74) is 0.512. The Labute approximate surface area is 199 Å². The molecule has 4 rings (SSSR count). The molecular weight excluding hydrogens is 462 g/mol. The van der Waals surface area contributed by atoms with E-state index in [1.807, 2.05) is 4.90 Å². The van der Waals surface area contributed by atoms with E-state index in [0.29, 0.717) is 42.8 Å². The number of hydrogen-bond donors (Lipinski definition) is 1. The third-order valence-corrected chi connectivity index (χ3v) is 6.61. The van der Waals surface area contributed by atoms with Gasteiger partial charge in [0.1, 0.15) is 11.6 Å². The lowest BCUT2D eigenvalue weighted by Gasteiger charge is -2.36. The Morgan fingerprint density at radius 3 is 2.35 bits per heavy atom. The molecule has 34 heavy (non-hydrogen) atoms. The predicted octanol–water partition coefficient (Wildman–Crippen LogP) is 2.46. The number of piperazine rings is 1. The average molecular weight is 487 g/mol. The van der Waals surface area contributed by atoms with Crippen molar-refractivity contribution >= 4 is 29.3 Å². The van der Waals surface area contributed by atoms with Gasteiger partial charge in [-0.2, -0.15) is 0 Å². The van der Waals surface area contributed by atoms with E-state index in [2.05, 4.69) is 15.5 Å². The minimum atomic E-state index is -0.595. The molecule has 0 aliphatic carbocycles. The molecule has 8 nitrogen and oxygen atoms in total. The van der Waals surface area contributed by atoms with E-state index in [-0.39, 0.29) is 29.6 Å². The number of aromatic nitrogens is 3. The SMILES string of the molecule is Cn1c(CNC(=O)c2ccccc2F)nnc1SCC(=O)N1CCN(c2ccccc2F)CC1. The van der Waals surface area contributed by atoms with Crippen molar-refractivity contribution in [2.45, 2.75) is 11.7 Å². The summed E-state index contributed by atoms with van der Waals surface area (Å²) in [5, 5.41) is 11.3. The Morgan fingerprint density at radius 2 is 1.65 bits per heavy atom. The van der Waals surface area contributed by atoms with Gasteiger partial charge in [-0.05, 0) is 24.3 Å². The molecule has 11 heteroatoms. The molecule has 3 aromatic rings. The van der Waals surface area contributed by atoms with E-state index in [4.69, 9.17) is 0 Å². The van der Waals surface area contributed by atoms with E-state index >= 15 is 0 Å². The van der Waals surface area contributed by atoms with Crippen LogP contribution >= 0.6 is 11.8 Å². The fraction of sp³-hybridized carbons (Fsp3) is 0.304. The molecule has 0 radical (unpaired) electrons. The molecule has 1 aliphatic heterocycles. The maximum absolute atomic E-state index is 14.0. The van der Waals surface area contributed by atoms with Crippen molar-refractivity contribution in [3.8, 4) is 0 Å². The van der Waals surface area contributed by atoms with Gasteiger partial charge in [0.05, 0.1) is 23.5 Å². The number of benzene rings is 2. The second kappa shape index (κ2) is 10.6. The summed E-state index contributed by atoms with van der Waals surface area (Å²) in [4.78, 5) is 28.6. The van der Waals surface area contributed by atoms with Crippen LogP contribution in [-0.2, 0) is 18.4 Å². The largest absolute Gasteiger partial charge is 0.366 e. The van der Waals surface area contributed by atoms with Crippen molar-refractivity contribution in [1.29, 1.82) is 0 Å². The first-order valence-corrected chi connectivity index (χ1v) is 11.7. The summed E-state index contributed by atoms with van der Waals surface area (Å²) < 4.78 is 29.4. The van der Waals surface area contributed by atoms with Gasteiger partial charge in [-0.25, -0.2) is 8.78 Å². The highest BCUT2D eigenvalue weighted by Gasteiger charge is 2.23. The highest BCUT2D eigenvalue weighted by atomic mass is 32.2. The number of rotatable bonds is 7. The maximum Gasteiger partial charge on any atom is 0.254 e. The smallest absolute Gasteiger partial charge is 0.254 e. The van der Waals surface area contributed by atoms with Crippen LogP contribution in [0.1, 0.15) is 16.2 Å². The number of thioether (sulfide) groups is 1. The molecule has 1 aromatic heterocycles. The summed E-state index contributed by atoms with van der Waals surface area (Å²) in [5.74, 6) is -0.759. The van der Waals surface area contributed by atoms with Gasteiger partial charge in [0.15, 0.2) is 11.0 Å². The van der Waals surface area contributed by atoms with Crippen molar-refractivity contribution in [2.75, 3.05) is 36.8 Å². The number of anilines is 1. The van der Waals surface area contributed by atoms with Crippen molar-refractivity contribution < 1.29 is 18.4 Å². The lowest BCUT2D eigenvalue weighted by molar-refractivity contribution is -0.128. The molecule has 2 aromatic carbocycles. The fourth-order valence-corrected chi connectivity index (χ4v) is 4.48. The molecular formula is C23H24F2N6O2S. The minimum absolute atomic E-state index is 0.0319. The van der Waals surface area contributed by atoms with Crippen LogP contribution in [-0.4, -0.2) is 63.4 Å².